The maximum atomic E-state index is 11.5. The summed E-state index contributed by atoms with van der Waals surface area (Å²) in [6, 6.07) is -0.118. The first-order valence-electron chi connectivity index (χ1n) is 5.13. The van der Waals surface area contributed by atoms with Crippen molar-refractivity contribution in [2.45, 2.75) is 38.8 Å². The van der Waals surface area contributed by atoms with E-state index in [1.54, 1.807) is 13.8 Å². The Hall–Kier alpha value is -1.10. The van der Waals surface area contributed by atoms with Gasteiger partial charge in [-0.1, -0.05) is 0 Å². The second kappa shape index (κ2) is 4.61. The second-order valence-corrected chi connectivity index (χ2v) is 4.28. The fourth-order valence-corrected chi connectivity index (χ4v) is 1.68. The van der Waals surface area contributed by atoms with E-state index in [0.717, 1.165) is 0 Å². The monoisotopic (exact) mass is 215 g/mol. The van der Waals surface area contributed by atoms with E-state index < -0.39 is 18.0 Å². The van der Waals surface area contributed by atoms with Crippen molar-refractivity contribution in [2.75, 3.05) is 0 Å². The third-order valence-corrected chi connectivity index (χ3v) is 2.53. The number of amides is 1. The van der Waals surface area contributed by atoms with Crippen LogP contribution in [0.2, 0.25) is 0 Å². The van der Waals surface area contributed by atoms with Gasteiger partial charge in [0.15, 0.2) is 0 Å². The van der Waals surface area contributed by atoms with Gasteiger partial charge in [0.1, 0.15) is 0 Å². The predicted molar refractivity (Wildman–Crippen MR) is 53.1 cm³/mol. The summed E-state index contributed by atoms with van der Waals surface area (Å²) >= 11 is 0. The summed E-state index contributed by atoms with van der Waals surface area (Å²) in [4.78, 5) is 22.0. The minimum Gasteiger partial charge on any atom is -0.481 e. The van der Waals surface area contributed by atoms with Crippen LogP contribution in [0.4, 0.5) is 0 Å². The molecule has 1 aliphatic carbocycles. The highest BCUT2D eigenvalue weighted by Crippen LogP contribution is 2.38. The van der Waals surface area contributed by atoms with Crippen LogP contribution >= 0.6 is 0 Å². The van der Waals surface area contributed by atoms with Crippen LogP contribution in [0.3, 0.4) is 0 Å². The van der Waals surface area contributed by atoms with E-state index in [2.05, 4.69) is 5.32 Å². The molecule has 0 spiro atoms. The molecule has 1 rings (SSSR count). The normalized spacial score (nSPS) is 27.9. The summed E-state index contributed by atoms with van der Waals surface area (Å²) < 4.78 is 0. The number of aliphatic hydroxyl groups excluding tert-OH is 1. The number of rotatable bonds is 5. The van der Waals surface area contributed by atoms with E-state index in [9.17, 15) is 9.59 Å². The fourth-order valence-electron chi connectivity index (χ4n) is 1.68. The largest absolute Gasteiger partial charge is 0.481 e. The highest BCUT2D eigenvalue weighted by atomic mass is 16.4. The van der Waals surface area contributed by atoms with Crippen molar-refractivity contribution in [2.24, 2.45) is 11.8 Å². The Kier molecular flexibility index (Phi) is 3.68. The second-order valence-electron chi connectivity index (χ2n) is 4.28. The fraction of sp³-hybridized carbons (Fsp3) is 0.800. The average molecular weight is 215 g/mol. The van der Waals surface area contributed by atoms with Crippen molar-refractivity contribution in [3.8, 4) is 0 Å². The average Bonchev–Trinajstić information content (AvgIpc) is 2.79. The molecule has 1 aliphatic rings. The van der Waals surface area contributed by atoms with Crippen molar-refractivity contribution in [1.29, 1.82) is 0 Å². The van der Waals surface area contributed by atoms with E-state index in [4.69, 9.17) is 10.2 Å². The lowest BCUT2D eigenvalue weighted by molar-refractivity contribution is -0.140. The number of carbonyl (C=O) groups excluding carboxylic acids is 1. The van der Waals surface area contributed by atoms with Crippen LogP contribution in [-0.4, -0.2) is 34.2 Å². The molecular weight excluding hydrogens is 198 g/mol. The van der Waals surface area contributed by atoms with Crippen LogP contribution < -0.4 is 5.32 Å². The summed E-state index contributed by atoms with van der Waals surface area (Å²) in [7, 11) is 0. The van der Waals surface area contributed by atoms with Crippen molar-refractivity contribution in [3.05, 3.63) is 0 Å². The number of carboxylic acid groups (broad SMARTS) is 1. The van der Waals surface area contributed by atoms with E-state index in [1.165, 1.54) is 0 Å². The molecule has 1 amide bonds. The van der Waals surface area contributed by atoms with E-state index >= 15 is 0 Å². The number of hydrogen-bond donors (Lipinski definition) is 3. The third-order valence-electron chi connectivity index (χ3n) is 2.53. The first kappa shape index (κ1) is 12.0. The summed E-state index contributed by atoms with van der Waals surface area (Å²) in [5, 5.41) is 20.4. The van der Waals surface area contributed by atoms with Crippen molar-refractivity contribution >= 4 is 11.9 Å². The summed E-state index contributed by atoms with van der Waals surface area (Å²) in [5.41, 5.74) is 0. The molecule has 0 heterocycles. The molecule has 1 fully saturated rings. The van der Waals surface area contributed by atoms with E-state index in [-0.39, 0.29) is 17.9 Å². The summed E-state index contributed by atoms with van der Waals surface area (Å²) in [6.07, 6.45) is 0.452. The minimum atomic E-state index is -0.904. The molecule has 0 bridgehead atoms. The van der Waals surface area contributed by atoms with Gasteiger partial charge in [0.05, 0.1) is 17.9 Å². The molecule has 0 radical (unpaired) electrons. The molecule has 0 aromatic rings. The molecule has 4 atom stereocenters. The molecule has 0 aromatic carbocycles. The molecule has 15 heavy (non-hydrogen) atoms. The SMILES string of the molecule is CC(O)CC(C)NC(=O)C1CC1C(=O)O. The first-order chi connectivity index (χ1) is 6.91. The highest BCUT2D eigenvalue weighted by molar-refractivity contribution is 5.89. The lowest BCUT2D eigenvalue weighted by Gasteiger charge is -2.15. The first-order valence-corrected chi connectivity index (χ1v) is 5.13. The van der Waals surface area contributed by atoms with Crippen molar-refractivity contribution in [1.82, 2.24) is 5.32 Å². The number of aliphatic hydroxyl groups is 1. The Balaban J connectivity index is 2.28. The number of aliphatic carboxylic acids is 1. The zero-order valence-electron chi connectivity index (χ0n) is 8.93. The van der Waals surface area contributed by atoms with Gasteiger partial charge in [-0.25, -0.2) is 0 Å². The van der Waals surface area contributed by atoms with Gasteiger partial charge in [-0.05, 0) is 26.7 Å². The van der Waals surface area contributed by atoms with Gasteiger partial charge in [-0.15, -0.1) is 0 Å². The quantitative estimate of drug-likeness (QED) is 0.601. The van der Waals surface area contributed by atoms with E-state index in [0.29, 0.717) is 12.8 Å². The Morgan fingerprint density at radius 1 is 1.40 bits per heavy atom. The summed E-state index contributed by atoms with van der Waals surface area (Å²) in [5.74, 6) is -2.00. The van der Waals surface area contributed by atoms with Crippen LogP contribution in [0, 0.1) is 11.8 Å². The third kappa shape index (κ3) is 3.51. The van der Waals surface area contributed by atoms with Gasteiger partial charge < -0.3 is 15.5 Å². The smallest absolute Gasteiger partial charge is 0.307 e. The number of carbonyl (C=O) groups is 2. The van der Waals surface area contributed by atoms with Crippen LogP contribution in [0.25, 0.3) is 0 Å². The van der Waals surface area contributed by atoms with Crippen LogP contribution in [-0.2, 0) is 9.59 Å². The van der Waals surface area contributed by atoms with Gasteiger partial charge in [0.2, 0.25) is 5.91 Å². The molecule has 86 valence electrons. The van der Waals surface area contributed by atoms with Crippen molar-refractivity contribution in [3.63, 3.8) is 0 Å². The molecular formula is C10H17NO4. The Morgan fingerprint density at radius 3 is 2.40 bits per heavy atom. The molecule has 5 heteroatoms. The number of hydrogen-bond acceptors (Lipinski definition) is 3. The molecule has 4 unspecified atom stereocenters. The molecule has 0 saturated heterocycles. The maximum Gasteiger partial charge on any atom is 0.307 e. The molecule has 5 nitrogen and oxygen atoms in total. The molecule has 1 saturated carbocycles. The topological polar surface area (TPSA) is 86.6 Å². The zero-order chi connectivity index (χ0) is 11.6. The highest BCUT2D eigenvalue weighted by Gasteiger charge is 2.48. The Bertz CT molecular complexity index is 264. The minimum absolute atomic E-state index is 0.118. The number of nitrogens with one attached hydrogen (secondary N) is 1. The van der Waals surface area contributed by atoms with Gasteiger partial charge in [-0.3, -0.25) is 9.59 Å². The standard InChI is InChI=1S/C10H17NO4/c1-5(3-6(2)12)11-9(13)7-4-8(7)10(14)15/h5-8,12H,3-4H2,1-2H3,(H,11,13)(H,14,15). The Morgan fingerprint density at radius 2 is 2.00 bits per heavy atom. The molecule has 0 aliphatic heterocycles. The van der Waals surface area contributed by atoms with Gasteiger partial charge in [-0.2, -0.15) is 0 Å². The van der Waals surface area contributed by atoms with Crippen LogP contribution in [0.1, 0.15) is 26.7 Å². The predicted octanol–water partition coefficient (Wildman–Crippen LogP) is -0.0173. The maximum absolute atomic E-state index is 11.5. The van der Waals surface area contributed by atoms with Gasteiger partial charge in [0.25, 0.3) is 0 Å². The van der Waals surface area contributed by atoms with Crippen LogP contribution in [0.5, 0.6) is 0 Å². The van der Waals surface area contributed by atoms with Gasteiger partial charge >= 0.3 is 5.97 Å². The summed E-state index contributed by atoms with van der Waals surface area (Å²) in [6.45, 7) is 3.45. The zero-order valence-corrected chi connectivity index (χ0v) is 8.93. The lowest BCUT2D eigenvalue weighted by Crippen LogP contribution is -2.36. The molecule has 0 aromatic heterocycles. The van der Waals surface area contributed by atoms with E-state index in [1.807, 2.05) is 0 Å². The molecule has 3 N–H and O–H groups in total. The Labute approximate surface area is 88.5 Å². The lowest BCUT2D eigenvalue weighted by atomic mass is 10.1. The number of carboxylic acids is 1. The van der Waals surface area contributed by atoms with Gasteiger partial charge in [0, 0.05) is 6.04 Å². The van der Waals surface area contributed by atoms with Crippen LogP contribution in [0.15, 0.2) is 0 Å². The van der Waals surface area contributed by atoms with Crippen molar-refractivity contribution < 1.29 is 19.8 Å².